The third-order valence-corrected chi connectivity index (χ3v) is 4.45. The first-order chi connectivity index (χ1) is 11.3. The van der Waals surface area contributed by atoms with Crippen LogP contribution in [-0.2, 0) is 12.7 Å². The van der Waals surface area contributed by atoms with E-state index in [2.05, 4.69) is 4.90 Å². The fourth-order valence-electron chi connectivity index (χ4n) is 2.66. The molecular formula is C18H18ClF3N2. The van der Waals surface area contributed by atoms with Gasteiger partial charge in [-0.1, -0.05) is 23.7 Å². The van der Waals surface area contributed by atoms with Crippen molar-refractivity contribution in [3.05, 3.63) is 58.6 Å². The lowest BCUT2D eigenvalue weighted by Crippen LogP contribution is -2.25. The van der Waals surface area contributed by atoms with Crippen molar-refractivity contribution in [1.82, 2.24) is 0 Å². The zero-order valence-electron chi connectivity index (χ0n) is 13.0. The van der Waals surface area contributed by atoms with Crippen LogP contribution in [0, 0.1) is 5.92 Å². The molecule has 128 valence electrons. The molecule has 2 N–H and O–H groups in total. The summed E-state index contributed by atoms with van der Waals surface area (Å²) in [7, 11) is 0. The molecule has 0 aliphatic heterocycles. The minimum atomic E-state index is -4.31. The van der Waals surface area contributed by atoms with Crippen molar-refractivity contribution in [2.24, 2.45) is 5.92 Å². The minimum Gasteiger partial charge on any atom is -0.399 e. The minimum absolute atomic E-state index is 0.512. The molecule has 2 nitrogen and oxygen atoms in total. The molecule has 0 saturated heterocycles. The highest BCUT2D eigenvalue weighted by Gasteiger charge is 2.30. The topological polar surface area (TPSA) is 29.3 Å². The van der Waals surface area contributed by atoms with Crippen LogP contribution in [0.5, 0.6) is 0 Å². The molecule has 1 fully saturated rings. The predicted octanol–water partition coefficient (Wildman–Crippen LogP) is 5.36. The van der Waals surface area contributed by atoms with Gasteiger partial charge in [0.05, 0.1) is 16.3 Å². The summed E-state index contributed by atoms with van der Waals surface area (Å²) in [6, 6.07) is 10.6. The summed E-state index contributed by atoms with van der Waals surface area (Å²) in [5, 5.41) is 0.558. The first kappa shape index (κ1) is 17.0. The van der Waals surface area contributed by atoms with Crippen molar-refractivity contribution >= 4 is 23.0 Å². The molecule has 3 rings (SSSR count). The Morgan fingerprint density at radius 3 is 2.29 bits per heavy atom. The lowest BCUT2D eigenvalue weighted by atomic mass is 10.1. The van der Waals surface area contributed by atoms with Gasteiger partial charge in [0.2, 0.25) is 0 Å². The number of nitrogens with zero attached hydrogens (tertiary/aromatic N) is 1. The summed E-state index contributed by atoms with van der Waals surface area (Å²) in [6.07, 6.45) is -1.96. The van der Waals surface area contributed by atoms with Crippen molar-refractivity contribution in [3.8, 4) is 0 Å². The fourth-order valence-corrected chi connectivity index (χ4v) is 2.97. The van der Waals surface area contributed by atoms with Crippen LogP contribution < -0.4 is 10.6 Å². The molecule has 24 heavy (non-hydrogen) atoms. The van der Waals surface area contributed by atoms with Crippen LogP contribution in [0.4, 0.5) is 24.5 Å². The van der Waals surface area contributed by atoms with E-state index in [1.54, 1.807) is 12.1 Å². The summed E-state index contributed by atoms with van der Waals surface area (Å²) in [6.45, 7) is 1.35. The Kier molecular flexibility index (Phi) is 4.63. The Bertz CT molecular complexity index is 709. The molecule has 0 amide bonds. The smallest absolute Gasteiger partial charge is 0.399 e. The van der Waals surface area contributed by atoms with Gasteiger partial charge >= 0.3 is 6.18 Å². The molecule has 2 aromatic rings. The largest absolute Gasteiger partial charge is 0.416 e. The Morgan fingerprint density at radius 1 is 1.08 bits per heavy atom. The van der Waals surface area contributed by atoms with Crippen molar-refractivity contribution in [2.45, 2.75) is 25.6 Å². The number of hydrogen-bond acceptors (Lipinski definition) is 2. The maximum atomic E-state index is 12.7. The van der Waals surface area contributed by atoms with Crippen LogP contribution >= 0.6 is 11.6 Å². The van der Waals surface area contributed by atoms with Gasteiger partial charge < -0.3 is 10.6 Å². The summed E-state index contributed by atoms with van der Waals surface area (Å²) in [5.41, 5.74) is 7.37. The first-order valence-electron chi connectivity index (χ1n) is 7.79. The highest BCUT2D eigenvalue weighted by atomic mass is 35.5. The Hall–Kier alpha value is -1.88. The SMILES string of the molecule is Nc1ccc(N(Cc2ccc(C(F)(F)F)cc2)CC2CC2)c(Cl)c1. The Morgan fingerprint density at radius 2 is 1.75 bits per heavy atom. The molecule has 1 saturated carbocycles. The molecule has 0 atom stereocenters. The average molecular weight is 355 g/mol. The van der Waals surface area contributed by atoms with Crippen LogP contribution in [0.3, 0.4) is 0 Å². The predicted molar refractivity (Wildman–Crippen MR) is 91.1 cm³/mol. The molecule has 1 aliphatic rings. The van der Waals surface area contributed by atoms with Crippen LogP contribution in [-0.4, -0.2) is 6.54 Å². The molecule has 0 aromatic heterocycles. The molecule has 0 bridgehead atoms. The number of nitrogen functional groups attached to an aromatic ring is 1. The van der Waals surface area contributed by atoms with Gasteiger partial charge in [-0.3, -0.25) is 0 Å². The van der Waals surface area contributed by atoms with E-state index < -0.39 is 11.7 Å². The second-order valence-electron chi connectivity index (χ2n) is 6.23. The molecule has 2 aromatic carbocycles. The van der Waals surface area contributed by atoms with Gasteiger partial charge in [-0.15, -0.1) is 0 Å². The lowest BCUT2D eigenvalue weighted by Gasteiger charge is -2.26. The van der Waals surface area contributed by atoms with E-state index in [0.717, 1.165) is 29.9 Å². The lowest BCUT2D eigenvalue weighted by molar-refractivity contribution is -0.137. The molecule has 1 aliphatic carbocycles. The first-order valence-corrected chi connectivity index (χ1v) is 8.17. The fraction of sp³-hybridized carbons (Fsp3) is 0.333. The average Bonchev–Trinajstić information content (AvgIpc) is 3.30. The number of anilines is 2. The van der Waals surface area contributed by atoms with E-state index in [0.29, 0.717) is 23.2 Å². The van der Waals surface area contributed by atoms with E-state index in [1.165, 1.54) is 25.0 Å². The van der Waals surface area contributed by atoms with E-state index in [9.17, 15) is 13.2 Å². The molecule has 0 heterocycles. The summed E-state index contributed by atoms with van der Waals surface area (Å²) in [4.78, 5) is 2.11. The summed E-state index contributed by atoms with van der Waals surface area (Å²) >= 11 is 6.31. The monoisotopic (exact) mass is 354 g/mol. The molecule has 6 heteroatoms. The standard InChI is InChI=1S/C18H18ClF3N2/c19-16-9-15(23)7-8-17(16)24(10-12-1-2-12)11-13-3-5-14(6-4-13)18(20,21)22/h3-9,12H,1-2,10-11,23H2. The quantitative estimate of drug-likeness (QED) is 0.732. The van der Waals surface area contributed by atoms with Crippen molar-refractivity contribution in [2.75, 3.05) is 17.2 Å². The van der Waals surface area contributed by atoms with Crippen molar-refractivity contribution < 1.29 is 13.2 Å². The molecule has 0 spiro atoms. The normalized spacial score (nSPS) is 14.7. The van der Waals surface area contributed by atoms with Crippen LogP contribution in [0.1, 0.15) is 24.0 Å². The third kappa shape index (κ3) is 4.15. The number of benzene rings is 2. The van der Waals surface area contributed by atoms with Gasteiger partial charge in [0.15, 0.2) is 0 Å². The number of rotatable bonds is 5. The molecular weight excluding hydrogens is 337 g/mol. The second kappa shape index (κ2) is 6.55. The van der Waals surface area contributed by atoms with E-state index in [4.69, 9.17) is 17.3 Å². The van der Waals surface area contributed by atoms with Gasteiger partial charge in [-0.2, -0.15) is 13.2 Å². The maximum absolute atomic E-state index is 12.7. The van der Waals surface area contributed by atoms with Gasteiger partial charge in [-0.05, 0) is 54.7 Å². The Balaban J connectivity index is 1.81. The number of halogens is 4. The van der Waals surface area contributed by atoms with Gasteiger partial charge in [0.25, 0.3) is 0 Å². The van der Waals surface area contributed by atoms with Crippen LogP contribution in [0.15, 0.2) is 42.5 Å². The van der Waals surface area contributed by atoms with Gasteiger partial charge in [-0.25, -0.2) is 0 Å². The maximum Gasteiger partial charge on any atom is 0.416 e. The summed E-state index contributed by atoms with van der Waals surface area (Å²) in [5.74, 6) is 0.619. The molecule has 0 radical (unpaired) electrons. The van der Waals surface area contributed by atoms with Gasteiger partial charge in [0, 0.05) is 18.8 Å². The summed E-state index contributed by atoms with van der Waals surface area (Å²) < 4.78 is 38.0. The van der Waals surface area contributed by atoms with Crippen LogP contribution in [0.2, 0.25) is 5.02 Å². The van der Waals surface area contributed by atoms with Crippen molar-refractivity contribution in [1.29, 1.82) is 0 Å². The highest BCUT2D eigenvalue weighted by molar-refractivity contribution is 6.33. The van der Waals surface area contributed by atoms with Gasteiger partial charge in [0.1, 0.15) is 0 Å². The number of hydrogen-bond donors (Lipinski definition) is 1. The third-order valence-electron chi connectivity index (χ3n) is 4.14. The zero-order chi connectivity index (χ0) is 17.3. The highest BCUT2D eigenvalue weighted by Crippen LogP contribution is 2.36. The number of nitrogens with two attached hydrogens (primary N) is 1. The van der Waals surface area contributed by atoms with E-state index >= 15 is 0 Å². The molecule has 0 unspecified atom stereocenters. The second-order valence-corrected chi connectivity index (χ2v) is 6.64. The van der Waals surface area contributed by atoms with E-state index in [-0.39, 0.29) is 0 Å². The van der Waals surface area contributed by atoms with Crippen LogP contribution in [0.25, 0.3) is 0 Å². The Labute approximate surface area is 144 Å². The van der Waals surface area contributed by atoms with E-state index in [1.807, 2.05) is 6.07 Å². The van der Waals surface area contributed by atoms with Crippen molar-refractivity contribution in [3.63, 3.8) is 0 Å². The number of alkyl halides is 3. The zero-order valence-corrected chi connectivity index (χ0v) is 13.7.